The summed E-state index contributed by atoms with van der Waals surface area (Å²) in [5, 5.41) is 0.566. The lowest BCUT2D eigenvalue weighted by Gasteiger charge is -2.11. The van der Waals surface area contributed by atoms with Crippen molar-refractivity contribution in [1.82, 2.24) is 0 Å². The van der Waals surface area contributed by atoms with Crippen molar-refractivity contribution in [2.24, 2.45) is 5.92 Å². The number of benzene rings is 1. The topological polar surface area (TPSA) is 35.5 Å². The van der Waals surface area contributed by atoms with Gasteiger partial charge in [0, 0.05) is 17.5 Å². The van der Waals surface area contributed by atoms with Crippen molar-refractivity contribution >= 4 is 17.4 Å². The molecule has 86 valence electrons. The van der Waals surface area contributed by atoms with Crippen LogP contribution in [0.1, 0.15) is 16.8 Å². The van der Waals surface area contributed by atoms with Crippen LogP contribution in [0.15, 0.2) is 18.2 Å². The van der Waals surface area contributed by atoms with Crippen LogP contribution >= 0.6 is 11.6 Å². The number of ketones is 1. The van der Waals surface area contributed by atoms with E-state index in [1.165, 1.54) is 7.11 Å². The normalized spacial score (nSPS) is 19.8. The van der Waals surface area contributed by atoms with Gasteiger partial charge in [0.1, 0.15) is 5.75 Å². The third kappa shape index (κ3) is 2.20. The van der Waals surface area contributed by atoms with Gasteiger partial charge in [-0.15, -0.1) is 0 Å². The van der Waals surface area contributed by atoms with Crippen LogP contribution < -0.4 is 4.74 Å². The number of halogens is 1. The molecular formula is C12H13ClO3. The fourth-order valence-electron chi connectivity index (χ4n) is 1.83. The molecule has 1 aliphatic rings. The summed E-state index contributed by atoms with van der Waals surface area (Å²) in [6, 6.07) is 5.07. The lowest BCUT2D eigenvalue weighted by atomic mass is 9.96. The molecule has 0 aliphatic carbocycles. The first-order valence-corrected chi connectivity index (χ1v) is 5.55. The molecule has 1 unspecified atom stereocenters. The van der Waals surface area contributed by atoms with Gasteiger partial charge in [0.2, 0.25) is 0 Å². The highest BCUT2D eigenvalue weighted by Gasteiger charge is 2.26. The van der Waals surface area contributed by atoms with Crippen LogP contribution in [-0.2, 0) is 4.74 Å². The minimum Gasteiger partial charge on any atom is -0.496 e. The first kappa shape index (κ1) is 11.4. The number of rotatable bonds is 3. The van der Waals surface area contributed by atoms with Crippen LogP contribution in [-0.4, -0.2) is 26.1 Å². The Morgan fingerprint density at radius 3 is 3.00 bits per heavy atom. The Kier molecular flexibility index (Phi) is 3.46. The van der Waals surface area contributed by atoms with E-state index in [2.05, 4.69) is 0 Å². The monoisotopic (exact) mass is 240 g/mol. The Balaban J connectivity index is 2.28. The predicted octanol–water partition coefficient (Wildman–Crippen LogP) is 2.57. The smallest absolute Gasteiger partial charge is 0.172 e. The molecule has 1 saturated heterocycles. The van der Waals surface area contributed by atoms with Crippen LogP contribution in [0.25, 0.3) is 0 Å². The molecule has 0 saturated carbocycles. The second-order valence-corrected chi connectivity index (χ2v) is 4.21. The molecule has 16 heavy (non-hydrogen) atoms. The summed E-state index contributed by atoms with van der Waals surface area (Å²) in [6.07, 6.45) is 0.782. The summed E-state index contributed by atoms with van der Waals surface area (Å²) in [6.45, 7) is 1.16. The summed E-state index contributed by atoms with van der Waals surface area (Å²) in [4.78, 5) is 12.1. The van der Waals surface area contributed by atoms with Crippen molar-refractivity contribution < 1.29 is 14.3 Å². The Bertz CT molecular complexity index is 397. The third-order valence-electron chi connectivity index (χ3n) is 2.73. The van der Waals surface area contributed by atoms with Crippen LogP contribution in [0.2, 0.25) is 5.02 Å². The second kappa shape index (κ2) is 4.85. The van der Waals surface area contributed by atoms with Crippen LogP contribution in [0, 0.1) is 5.92 Å². The van der Waals surface area contributed by atoms with E-state index >= 15 is 0 Å². The van der Waals surface area contributed by atoms with Crippen LogP contribution in [0.4, 0.5) is 0 Å². The number of ether oxygens (including phenoxy) is 2. The van der Waals surface area contributed by atoms with Gasteiger partial charge in [0.15, 0.2) is 5.78 Å². The largest absolute Gasteiger partial charge is 0.496 e. The highest BCUT2D eigenvalue weighted by molar-refractivity contribution is 6.30. The zero-order valence-corrected chi connectivity index (χ0v) is 9.79. The van der Waals surface area contributed by atoms with Crippen molar-refractivity contribution in [3.8, 4) is 5.75 Å². The molecule has 4 heteroatoms. The summed E-state index contributed by atoms with van der Waals surface area (Å²) < 4.78 is 10.4. The second-order valence-electron chi connectivity index (χ2n) is 3.77. The quantitative estimate of drug-likeness (QED) is 0.762. The highest BCUT2D eigenvalue weighted by atomic mass is 35.5. The number of carbonyl (C=O) groups is 1. The average molecular weight is 241 g/mol. The van der Waals surface area contributed by atoms with E-state index in [-0.39, 0.29) is 11.7 Å². The molecule has 1 fully saturated rings. The van der Waals surface area contributed by atoms with E-state index in [4.69, 9.17) is 21.1 Å². The minimum atomic E-state index is -0.0462. The van der Waals surface area contributed by atoms with Crippen molar-refractivity contribution in [2.75, 3.05) is 20.3 Å². The first-order chi connectivity index (χ1) is 7.72. The zero-order valence-electron chi connectivity index (χ0n) is 9.03. The highest BCUT2D eigenvalue weighted by Crippen LogP contribution is 2.27. The maximum absolute atomic E-state index is 12.1. The van der Waals surface area contributed by atoms with Crippen molar-refractivity contribution in [3.05, 3.63) is 28.8 Å². The molecule has 1 aromatic carbocycles. The fourth-order valence-corrected chi connectivity index (χ4v) is 1.99. The molecule has 1 aliphatic heterocycles. The van der Waals surface area contributed by atoms with Gasteiger partial charge in [-0.25, -0.2) is 0 Å². The molecule has 1 atom stereocenters. The first-order valence-electron chi connectivity index (χ1n) is 5.18. The van der Waals surface area contributed by atoms with Crippen molar-refractivity contribution in [3.63, 3.8) is 0 Å². The summed E-state index contributed by atoms with van der Waals surface area (Å²) in [7, 11) is 1.54. The van der Waals surface area contributed by atoms with E-state index in [0.717, 1.165) is 6.42 Å². The van der Waals surface area contributed by atoms with Gasteiger partial charge in [0.05, 0.1) is 19.3 Å². The Morgan fingerprint density at radius 1 is 1.56 bits per heavy atom. The van der Waals surface area contributed by atoms with Gasteiger partial charge in [0.25, 0.3) is 0 Å². The fraction of sp³-hybridized carbons (Fsp3) is 0.417. The third-order valence-corrected chi connectivity index (χ3v) is 2.96. The van der Waals surface area contributed by atoms with Gasteiger partial charge < -0.3 is 9.47 Å². The van der Waals surface area contributed by atoms with Gasteiger partial charge in [-0.1, -0.05) is 11.6 Å². The summed E-state index contributed by atoms with van der Waals surface area (Å²) in [5.74, 6) is 0.561. The van der Waals surface area contributed by atoms with Crippen LogP contribution in [0.3, 0.4) is 0 Å². The molecule has 1 aromatic rings. The molecule has 1 heterocycles. The SMILES string of the molecule is COc1cc(Cl)ccc1C(=O)C1CCOC1. The molecular weight excluding hydrogens is 228 g/mol. The molecule has 0 N–H and O–H groups in total. The zero-order chi connectivity index (χ0) is 11.5. The van der Waals surface area contributed by atoms with Gasteiger partial charge in [-0.2, -0.15) is 0 Å². The maximum Gasteiger partial charge on any atom is 0.172 e. The van der Waals surface area contributed by atoms with E-state index < -0.39 is 0 Å². The summed E-state index contributed by atoms with van der Waals surface area (Å²) >= 11 is 5.84. The van der Waals surface area contributed by atoms with Gasteiger partial charge in [-0.3, -0.25) is 4.79 Å². The van der Waals surface area contributed by atoms with Crippen molar-refractivity contribution in [1.29, 1.82) is 0 Å². The van der Waals surface area contributed by atoms with Gasteiger partial charge >= 0.3 is 0 Å². The lowest BCUT2D eigenvalue weighted by molar-refractivity contribution is 0.0897. The van der Waals surface area contributed by atoms with E-state index in [0.29, 0.717) is 29.5 Å². The minimum absolute atomic E-state index is 0.0462. The maximum atomic E-state index is 12.1. The van der Waals surface area contributed by atoms with E-state index in [9.17, 15) is 4.79 Å². The Labute approximate surface area is 99.3 Å². The number of carbonyl (C=O) groups excluding carboxylic acids is 1. The molecule has 0 bridgehead atoms. The van der Waals surface area contributed by atoms with Crippen molar-refractivity contribution in [2.45, 2.75) is 6.42 Å². The Hall–Kier alpha value is -1.06. The molecule has 0 radical (unpaired) electrons. The van der Waals surface area contributed by atoms with E-state index in [1.807, 2.05) is 0 Å². The number of Topliss-reactive ketones (excluding diaryl/α,β-unsaturated/α-hetero) is 1. The summed E-state index contributed by atoms with van der Waals surface area (Å²) in [5.41, 5.74) is 0.586. The molecule has 0 aromatic heterocycles. The van der Waals surface area contributed by atoms with Crippen LogP contribution in [0.5, 0.6) is 5.75 Å². The number of methoxy groups -OCH3 is 1. The molecule has 0 amide bonds. The number of hydrogen-bond acceptors (Lipinski definition) is 3. The number of hydrogen-bond donors (Lipinski definition) is 0. The molecule has 2 rings (SSSR count). The molecule has 0 spiro atoms. The lowest BCUT2D eigenvalue weighted by Crippen LogP contribution is -2.15. The predicted molar refractivity (Wildman–Crippen MR) is 61.3 cm³/mol. The Morgan fingerprint density at radius 2 is 2.38 bits per heavy atom. The molecule has 3 nitrogen and oxygen atoms in total. The van der Waals surface area contributed by atoms with E-state index in [1.54, 1.807) is 18.2 Å². The average Bonchev–Trinajstić information content (AvgIpc) is 2.81. The standard InChI is InChI=1S/C12H13ClO3/c1-15-11-6-9(13)2-3-10(11)12(14)8-4-5-16-7-8/h2-3,6,8H,4-5,7H2,1H3. The van der Waals surface area contributed by atoms with Gasteiger partial charge in [-0.05, 0) is 24.6 Å².